The van der Waals surface area contributed by atoms with Gasteiger partial charge in [-0.2, -0.15) is 0 Å². The summed E-state index contributed by atoms with van der Waals surface area (Å²) in [5.41, 5.74) is 2.13. The highest BCUT2D eigenvalue weighted by Gasteiger charge is 2.54. The van der Waals surface area contributed by atoms with Gasteiger partial charge in [-0.3, -0.25) is 24.3 Å². The Bertz CT molecular complexity index is 1070. The van der Waals surface area contributed by atoms with E-state index in [0.717, 1.165) is 36.1 Å². The molecule has 2 amide bonds. The number of pyridine rings is 1. The third kappa shape index (κ3) is 6.99. The second kappa shape index (κ2) is 13.0. The van der Waals surface area contributed by atoms with Crippen LogP contribution in [-0.4, -0.2) is 51.4 Å². The molecule has 36 heavy (non-hydrogen) atoms. The highest BCUT2D eigenvalue weighted by atomic mass is 16.5. The lowest BCUT2D eigenvalue weighted by Gasteiger charge is -2.43. The van der Waals surface area contributed by atoms with Gasteiger partial charge in [-0.25, -0.2) is 4.79 Å². The summed E-state index contributed by atoms with van der Waals surface area (Å²) in [4.78, 5) is 54.8. The number of ether oxygens (including phenoxy) is 1. The van der Waals surface area contributed by atoms with E-state index in [4.69, 9.17) is 4.74 Å². The number of amides is 2. The van der Waals surface area contributed by atoms with Crippen LogP contribution in [0.5, 0.6) is 0 Å². The zero-order chi connectivity index (χ0) is 26.1. The molecule has 1 N–H and O–H groups in total. The number of aliphatic carboxylic acids is 1. The number of hydrogen-bond donors (Lipinski definition) is 1. The molecule has 1 aromatic heterocycles. The summed E-state index contributed by atoms with van der Waals surface area (Å²) in [6.07, 6.45) is 5.78. The number of carboxylic acids is 1. The average Bonchev–Trinajstić information content (AvgIpc) is 2.85. The fraction of sp³-hybridized carbons (Fsp3) is 0.464. The first-order valence-corrected chi connectivity index (χ1v) is 12.5. The van der Waals surface area contributed by atoms with Crippen LogP contribution in [-0.2, 0) is 36.8 Å². The smallest absolute Gasteiger partial charge is 0.327 e. The van der Waals surface area contributed by atoms with Gasteiger partial charge in [-0.15, -0.1) is 0 Å². The molecule has 3 rings (SSSR count). The van der Waals surface area contributed by atoms with Crippen molar-refractivity contribution in [2.45, 2.75) is 70.8 Å². The van der Waals surface area contributed by atoms with Crippen LogP contribution < -0.4 is 0 Å². The number of esters is 1. The third-order valence-electron chi connectivity index (χ3n) is 6.51. The van der Waals surface area contributed by atoms with E-state index in [1.54, 1.807) is 12.1 Å². The topological polar surface area (TPSA) is 114 Å². The van der Waals surface area contributed by atoms with Gasteiger partial charge in [0.1, 0.15) is 6.04 Å². The zero-order valence-corrected chi connectivity index (χ0v) is 20.9. The lowest BCUT2D eigenvalue weighted by Crippen LogP contribution is -2.66. The van der Waals surface area contributed by atoms with Gasteiger partial charge in [0.05, 0.1) is 24.6 Å². The molecule has 0 unspecified atom stereocenters. The van der Waals surface area contributed by atoms with Gasteiger partial charge in [0, 0.05) is 12.6 Å². The van der Waals surface area contributed by atoms with Gasteiger partial charge in [0.15, 0.2) is 0 Å². The van der Waals surface area contributed by atoms with Gasteiger partial charge in [0.25, 0.3) is 0 Å². The monoisotopic (exact) mass is 494 g/mol. The Morgan fingerprint density at radius 3 is 2.56 bits per heavy atom. The molecule has 1 saturated heterocycles. The van der Waals surface area contributed by atoms with Crippen molar-refractivity contribution in [3.63, 3.8) is 0 Å². The van der Waals surface area contributed by atoms with E-state index in [1.165, 1.54) is 6.20 Å². The molecule has 0 aliphatic carbocycles. The molecule has 8 nitrogen and oxygen atoms in total. The maximum atomic E-state index is 12.8. The summed E-state index contributed by atoms with van der Waals surface area (Å²) < 4.78 is 5.26. The number of carboxylic acid groups (broad SMARTS) is 1. The number of aromatic nitrogens is 1. The maximum Gasteiger partial charge on any atom is 0.327 e. The van der Waals surface area contributed by atoms with Crippen molar-refractivity contribution in [3.8, 4) is 0 Å². The number of nitrogens with zero attached hydrogens (tertiary/aromatic N) is 2. The van der Waals surface area contributed by atoms with Gasteiger partial charge in [0.2, 0.25) is 11.8 Å². The van der Waals surface area contributed by atoms with Crippen molar-refractivity contribution in [2.24, 2.45) is 5.92 Å². The molecule has 1 aliphatic heterocycles. The largest absolute Gasteiger partial charge is 0.480 e. The predicted molar refractivity (Wildman–Crippen MR) is 133 cm³/mol. The van der Waals surface area contributed by atoms with Crippen LogP contribution in [0.3, 0.4) is 0 Å². The second-order valence-electron chi connectivity index (χ2n) is 9.32. The molecule has 1 fully saturated rings. The van der Waals surface area contributed by atoms with Crippen molar-refractivity contribution in [1.82, 2.24) is 9.88 Å². The van der Waals surface area contributed by atoms with Crippen LogP contribution in [0, 0.1) is 5.92 Å². The van der Waals surface area contributed by atoms with E-state index in [2.05, 4.69) is 11.9 Å². The summed E-state index contributed by atoms with van der Waals surface area (Å²) in [5, 5.41) is 9.76. The normalized spacial score (nSPS) is 17.8. The molecule has 0 spiro atoms. The fourth-order valence-electron chi connectivity index (χ4n) is 4.49. The highest BCUT2D eigenvalue weighted by molar-refractivity contribution is 6.08. The number of carbonyl (C=O) groups excluding carboxylic acids is 3. The van der Waals surface area contributed by atoms with E-state index in [1.807, 2.05) is 37.3 Å². The van der Waals surface area contributed by atoms with Crippen molar-refractivity contribution < 1.29 is 29.0 Å². The van der Waals surface area contributed by atoms with E-state index in [-0.39, 0.29) is 31.1 Å². The van der Waals surface area contributed by atoms with Crippen LogP contribution in [0.4, 0.5) is 0 Å². The fourth-order valence-corrected chi connectivity index (χ4v) is 4.49. The van der Waals surface area contributed by atoms with Crippen LogP contribution in [0.2, 0.25) is 0 Å². The van der Waals surface area contributed by atoms with Gasteiger partial charge in [-0.05, 0) is 42.0 Å². The minimum atomic E-state index is -1.21. The Labute approximate surface area is 211 Å². The number of hydrogen-bond acceptors (Lipinski definition) is 6. The predicted octanol–water partition coefficient (Wildman–Crippen LogP) is 3.92. The Hall–Kier alpha value is -3.55. The molecule has 2 aromatic rings. The molecule has 8 heteroatoms. The number of likely N-dealkylation sites (tertiary alicyclic amines) is 1. The molecule has 2 heterocycles. The van der Waals surface area contributed by atoms with Crippen LogP contribution in [0.1, 0.15) is 68.7 Å². The van der Waals surface area contributed by atoms with Crippen molar-refractivity contribution in [3.05, 3.63) is 65.5 Å². The first-order valence-electron chi connectivity index (χ1n) is 12.5. The summed E-state index contributed by atoms with van der Waals surface area (Å²) in [5.74, 6) is -3.55. The van der Waals surface area contributed by atoms with Gasteiger partial charge < -0.3 is 9.84 Å². The first-order chi connectivity index (χ1) is 17.3. The van der Waals surface area contributed by atoms with E-state index in [0.29, 0.717) is 17.9 Å². The van der Waals surface area contributed by atoms with Crippen LogP contribution >= 0.6 is 0 Å². The standard InChI is InChI=1S/C28H34N2O6/c1-3-4-5-9-14-36-25(32)18-22-16-20(12-13-29-22)17-23-26(28(34)35)30(27(23)33)24(31)15-19(2)21-10-7-6-8-11-21/h6-8,10-13,16,19,23,26H,3-5,9,14-15,17-18H2,1-2H3,(H,34,35)/t19-,23+,26-/m0/s1. The lowest BCUT2D eigenvalue weighted by atomic mass is 9.81. The average molecular weight is 495 g/mol. The van der Waals surface area contributed by atoms with Crippen molar-refractivity contribution >= 4 is 23.8 Å². The van der Waals surface area contributed by atoms with Gasteiger partial charge >= 0.3 is 11.9 Å². The number of imide groups is 1. The van der Waals surface area contributed by atoms with Crippen LogP contribution in [0.25, 0.3) is 0 Å². The molecule has 0 bridgehead atoms. The minimum Gasteiger partial charge on any atom is -0.480 e. The summed E-state index contributed by atoms with van der Waals surface area (Å²) >= 11 is 0. The minimum absolute atomic E-state index is 0.00454. The number of carbonyl (C=O) groups is 4. The number of β-lactam (4-membered cyclic amide) rings is 1. The second-order valence-corrected chi connectivity index (χ2v) is 9.32. The van der Waals surface area contributed by atoms with Crippen molar-refractivity contribution in [2.75, 3.05) is 6.61 Å². The van der Waals surface area contributed by atoms with Crippen LogP contribution in [0.15, 0.2) is 48.7 Å². The SMILES string of the molecule is CCCCCCOC(=O)Cc1cc(C[C@H]2C(=O)N(C(=O)C[C@H](C)c3ccccc3)[C@@H]2C(=O)O)ccn1. The third-order valence-corrected chi connectivity index (χ3v) is 6.51. The molecule has 1 aromatic carbocycles. The van der Waals surface area contributed by atoms with Crippen molar-refractivity contribution in [1.29, 1.82) is 0 Å². The molecule has 192 valence electrons. The molecule has 3 atom stereocenters. The summed E-state index contributed by atoms with van der Waals surface area (Å²) in [6.45, 7) is 4.37. The quantitative estimate of drug-likeness (QED) is 0.255. The summed E-state index contributed by atoms with van der Waals surface area (Å²) in [7, 11) is 0. The zero-order valence-electron chi connectivity index (χ0n) is 20.9. The Kier molecular flexibility index (Phi) is 9.73. The molecule has 0 saturated carbocycles. The lowest BCUT2D eigenvalue weighted by molar-refractivity contribution is -0.177. The number of benzene rings is 1. The Balaban J connectivity index is 1.58. The molecule has 1 aliphatic rings. The Morgan fingerprint density at radius 2 is 1.86 bits per heavy atom. The number of unbranched alkanes of at least 4 members (excludes halogenated alkanes) is 3. The molecule has 0 radical (unpaired) electrons. The number of rotatable bonds is 13. The molecular formula is C28H34N2O6. The van der Waals surface area contributed by atoms with E-state index < -0.39 is 29.7 Å². The molecular weight excluding hydrogens is 460 g/mol. The Morgan fingerprint density at radius 1 is 1.11 bits per heavy atom. The van der Waals surface area contributed by atoms with Gasteiger partial charge in [-0.1, -0.05) is 63.4 Å². The maximum absolute atomic E-state index is 12.8. The summed E-state index contributed by atoms with van der Waals surface area (Å²) in [6, 6.07) is 11.6. The first kappa shape index (κ1) is 27.0. The van der Waals surface area contributed by atoms with E-state index in [9.17, 15) is 24.3 Å². The highest BCUT2D eigenvalue weighted by Crippen LogP contribution is 2.33. The van der Waals surface area contributed by atoms with E-state index >= 15 is 0 Å².